The molecule has 0 aliphatic heterocycles. The fourth-order valence-electron chi connectivity index (χ4n) is 1.94. The molecule has 6 heteroatoms. The molecule has 3 aromatic rings. The molecule has 96 valence electrons. The van der Waals surface area contributed by atoms with Gasteiger partial charge in [0.05, 0.1) is 12.6 Å². The summed E-state index contributed by atoms with van der Waals surface area (Å²) in [6.07, 6.45) is 0. The molecule has 0 unspecified atom stereocenters. The Kier molecular flexibility index (Phi) is 2.72. The van der Waals surface area contributed by atoms with Crippen molar-refractivity contribution < 1.29 is 4.74 Å². The number of ether oxygens (including phenoxy) is 1. The van der Waals surface area contributed by atoms with Gasteiger partial charge in [0.15, 0.2) is 0 Å². The topological polar surface area (TPSA) is 75.0 Å². The normalized spacial score (nSPS) is 10.8. The maximum atomic E-state index is 11.7. The molecule has 0 aliphatic rings. The van der Waals surface area contributed by atoms with Crippen molar-refractivity contribution in [1.82, 2.24) is 9.97 Å². The summed E-state index contributed by atoms with van der Waals surface area (Å²) in [5.74, 6) is 0.759. The molecule has 3 rings (SSSR count). The maximum absolute atomic E-state index is 11.7. The van der Waals surface area contributed by atoms with Crippen LogP contribution in [0.1, 0.15) is 0 Å². The highest BCUT2D eigenvalue weighted by molar-refractivity contribution is 7.17. The molecule has 0 radical (unpaired) electrons. The molecule has 2 aromatic heterocycles. The Balaban J connectivity index is 2.24. The Morgan fingerprint density at radius 2 is 1.84 bits per heavy atom. The third kappa shape index (κ3) is 1.96. The summed E-state index contributed by atoms with van der Waals surface area (Å²) in [6.45, 7) is 0. The lowest BCUT2D eigenvalue weighted by Gasteiger charge is -2.02. The van der Waals surface area contributed by atoms with Gasteiger partial charge in [-0.05, 0) is 17.7 Å². The average Bonchev–Trinajstić information content (AvgIpc) is 2.83. The van der Waals surface area contributed by atoms with Crippen LogP contribution >= 0.6 is 11.3 Å². The highest BCUT2D eigenvalue weighted by Gasteiger charge is 2.10. The van der Waals surface area contributed by atoms with Crippen molar-refractivity contribution in [2.24, 2.45) is 0 Å². The van der Waals surface area contributed by atoms with Crippen LogP contribution in [0, 0.1) is 0 Å². The van der Waals surface area contributed by atoms with E-state index in [9.17, 15) is 9.59 Å². The van der Waals surface area contributed by atoms with Crippen LogP contribution in [0.5, 0.6) is 5.75 Å². The van der Waals surface area contributed by atoms with E-state index >= 15 is 0 Å². The van der Waals surface area contributed by atoms with E-state index in [1.807, 2.05) is 29.6 Å². The Hall–Kier alpha value is -2.34. The summed E-state index contributed by atoms with van der Waals surface area (Å²) in [5.41, 5.74) is 1.48. The average molecular weight is 274 g/mol. The summed E-state index contributed by atoms with van der Waals surface area (Å²) >= 11 is 1.31. The van der Waals surface area contributed by atoms with Gasteiger partial charge >= 0.3 is 5.69 Å². The number of rotatable bonds is 2. The second kappa shape index (κ2) is 4.40. The van der Waals surface area contributed by atoms with Gasteiger partial charge < -0.3 is 9.72 Å². The van der Waals surface area contributed by atoms with Gasteiger partial charge in [-0.1, -0.05) is 12.1 Å². The van der Waals surface area contributed by atoms with Crippen LogP contribution in [0.15, 0.2) is 39.2 Å². The number of thiophene rings is 1. The lowest BCUT2D eigenvalue weighted by atomic mass is 10.1. The number of benzene rings is 1. The van der Waals surface area contributed by atoms with Crippen molar-refractivity contribution in [3.05, 3.63) is 50.5 Å². The number of aromatic nitrogens is 2. The number of fused-ring (bicyclic) bond motifs is 1. The second-order valence-electron chi connectivity index (χ2n) is 3.99. The first-order chi connectivity index (χ1) is 9.19. The molecule has 2 heterocycles. The molecular weight excluding hydrogens is 264 g/mol. The summed E-state index contributed by atoms with van der Waals surface area (Å²) in [4.78, 5) is 27.9. The Morgan fingerprint density at radius 1 is 1.11 bits per heavy atom. The second-order valence-corrected chi connectivity index (χ2v) is 4.87. The first-order valence-corrected chi connectivity index (χ1v) is 6.45. The fraction of sp³-hybridized carbons (Fsp3) is 0.0769. The summed E-state index contributed by atoms with van der Waals surface area (Å²) in [5, 5.41) is 1.86. The van der Waals surface area contributed by atoms with E-state index in [0.29, 0.717) is 10.2 Å². The van der Waals surface area contributed by atoms with E-state index in [2.05, 4.69) is 9.97 Å². The molecule has 5 nitrogen and oxygen atoms in total. The number of hydrogen-bond acceptors (Lipinski definition) is 4. The predicted molar refractivity (Wildman–Crippen MR) is 75.1 cm³/mol. The van der Waals surface area contributed by atoms with E-state index in [0.717, 1.165) is 16.9 Å². The minimum absolute atomic E-state index is 0.358. The molecule has 0 saturated heterocycles. The van der Waals surface area contributed by atoms with Crippen LogP contribution in [0.4, 0.5) is 0 Å². The monoisotopic (exact) mass is 274 g/mol. The zero-order valence-corrected chi connectivity index (χ0v) is 10.8. The van der Waals surface area contributed by atoms with Gasteiger partial charge in [0, 0.05) is 10.9 Å². The molecule has 0 atom stereocenters. The van der Waals surface area contributed by atoms with Crippen molar-refractivity contribution in [3.63, 3.8) is 0 Å². The molecule has 2 N–H and O–H groups in total. The third-order valence-corrected chi connectivity index (χ3v) is 3.84. The van der Waals surface area contributed by atoms with Crippen molar-refractivity contribution in [1.29, 1.82) is 0 Å². The molecule has 0 aliphatic carbocycles. The van der Waals surface area contributed by atoms with Crippen LogP contribution in [0.3, 0.4) is 0 Å². The number of aromatic amines is 2. The first-order valence-electron chi connectivity index (χ1n) is 5.57. The van der Waals surface area contributed by atoms with Crippen LogP contribution in [0.2, 0.25) is 0 Å². The number of methoxy groups -OCH3 is 1. The minimum atomic E-state index is -0.495. The number of nitrogens with one attached hydrogen (secondary N) is 2. The smallest absolute Gasteiger partial charge is 0.326 e. The summed E-state index contributed by atoms with van der Waals surface area (Å²) in [6, 6.07) is 7.45. The van der Waals surface area contributed by atoms with E-state index in [4.69, 9.17) is 4.74 Å². The van der Waals surface area contributed by atoms with Crippen molar-refractivity contribution >= 4 is 21.6 Å². The van der Waals surface area contributed by atoms with Gasteiger partial charge in [0.2, 0.25) is 0 Å². The molecule has 0 spiro atoms. The highest BCUT2D eigenvalue weighted by Crippen LogP contribution is 2.30. The lowest BCUT2D eigenvalue weighted by molar-refractivity contribution is 0.415. The Labute approximate surface area is 111 Å². The van der Waals surface area contributed by atoms with E-state index < -0.39 is 5.69 Å². The van der Waals surface area contributed by atoms with Crippen LogP contribution in [0.25, 0.3) is 21.3 Å². The van der Waals surface area contributed by atoms with Gasteiger partial charge in [-0.3, -0.25) is 9.78 Å². The molecule has 0 amide bonds. The zero-order chi connectivity index (χ0) is 13.4. The zero-order valence-electron chi connectivity index (χ0n) is 10.0. The molecule has 19 heavy (non-hydrogen) atoms. The molecule has 0 saturated carbocycles. The first kappa shape index (κ1) is 11.7. The fourth-order valence-corrected chi connectivity index (χ4v) is 2.86. The van der Waals surface area contributed by atoms with Gasteiger partial charge in [0.25, 0.3) is 5.56 Å². The minimum Gasteiger partial charge on any atom is -0.497 e. The van der Waals surface area contributed by atoms with Crippen LogP contribution in [-0.2, 0) is 0 Å². The lowest BCUT2D eigenvalue weighted by Crippen LogP contribution is -2.20. The van der Waals surface area contributed by atoms with Gasteiger partial charge in [-0.25, -0.2) is 4.79 Å². The largest absolute Gasteiger partial charge is 0.497 e. The molecular formula is C13H10N2O3S. The Morgan fingerprint density at radius 3 is 2.53 bits per heavy atom. The number of H-pyrrole nitrogens is 2. The van der Waals surface area contributed by atoms with Crippen LogP contribution in [-0.4, -0.2) is 17.1 Å². The van der Waals surface area contributed by atoms with Gasteiger partial charge in [-0.2, -0.15) is 0 Å². The van der Waals surface area contributed by atoms with Gasteiger partial charge in [0.1, 0.15) is 10.4 Å². The van der Waals surface area contributed by atoms with Crippen LogP contribution < -0.4 is 16.0 Å². The third-order valence-electron chi connectivity index (χ3n) is 2.86. The Bertz CT molecular complexity index is 843. The van der Waals surface area contributed by atoms with Crippen molar-refractivity contribution in [2.75, 3.05) is 7.11 Å². The predicted octanol–water partition coefficient (Wildman–Crippen LogP) is 1.95. The van der Waals surface area contributed by atoms with E-state index in [1.54, 1.807) is 7.11 Å². The van der Waals surface area contributed by atoms with Gasteiger partial charge in [-0.15, -0.1) is 11.3 Å². The molecule has 1 aromatic carbocycles. The van der Waals surface area contributed by atoms with Crippen molar-refractivity contribution in [3.8, 4) is 16.9 Å². The SMILES string of the molecule is COc1ccc(-c2csc3c(=O)[nH]c(=O)[nH]c23)cc1. The van der Waals surface area contributed by atoms with E-state index in [1.165, 1.54) is 11.3 Å². The molecule has 0 bridgehead atoms. The van der Waals surface area contributed by atoms with Crippen molar-refractivity contribution in [2.45, 2.75) is 0 Å². The molecule has 0 fully saturated rings. The summed E-state index contributed by atoms with van der Waals surface area (Å²) < 4.78 is 5.62. The summed E-state index contributed by atoms with van der Waals surface area (Å²) in [7, 11) is 1.60. The highest BCUT2D eigenvalue weighted by atomic mass is 32.1. The number of hydrogen-bond donors (Lipinski definition) is 2. The quantitative estimate of drug-likeness (QED) is 0.750. The van der Waals surface area contributed by atoms with E-state index in [-0.39, 0.29) is 5.56 Å². The maximum Gasteiger partial charge on any atom is 0.326 e. The standard InChI is InChI=1S/C13H10N2O3S/c1-18-8-4-2-7(3-5-8)9-6-19-11-10(9)14-13(17)15-12(11)16/h2-6H,1H3,(H2,14,15,16,17).